The van der Waals surface area contributed by atoms with Crippen LogP contribution in [0.5, 0.6) is 0 Å². The van der Waals surface area contributed by atoms with E-state index < -0.39 is 0 Å². The number of thiazole rings is 1. The summed E-state index contributed by atoms with van der Waals surface area (Å²) in [5.74, 6) is -0.150. The Balaban J connectivity index is 1.97. The third-order valence-electron chi connectivity index (χ3n) is 2.53. The molecule has 1 amide bonds. The summed E-state index contributed by atoms with van der Waals surface area (Å²) in [6.07, 6.45) is 5.58. The lowest BCUT2D eigenvalue weighted by Gasteiger charge is -2.12. The number of hydrogen-bond acceptors (Lipinski definition) is 6. The van der Waals surface area contributed by atoms with E-state index in [0.29, 0.717) is 22.1 Å². The fraction of sp³-hybridized carbons (Fsp3) is 0.333. The highest BCUT2D eigenvalue weighted by molar-refractivity contribution is 7.17. The Kier molecular flexibility index (Phi) is 4.06. The lowest BCUT2D eigenvalue weighted by atomic mass is 10.2. The third kappa shape index (κ3) is 3.47. The van der Waals surface area contributed by atoms with Crippen molar-refractivity contribution in [3.8, 4) is 0 Å². The summed E-state index contributed by atoms with van der Waals surface area (Å²) >= 11 is 1.20. The third-order valence-corrected chi connectivity index (χ3v) is 3.51. The molecule has 100 valence electrons. The van der Waals surface area contributed by atoms with Crippen molar-refractivity contribution in [3.05, 3.63) is 34.9 Å². The Morgan fingerprint density at radius 1 is 1.53 bits per heavy atom. The van der Waals surface area contributed by atoms with E-state index in [2.05, 4.69) is 20.3 Å². The molecule has 0 aliphatic heterocycles. The minimum atomic E-state index is -0.150. The number of rotatable bonds is 4. The van der Waals surface area contributed by atoms with Crippen LogP contribution in [0.1, 0.15) is 28.0 Å². The Bertz CT molecular complexity index is 569. The van der Waals surface area contributed by atoms with Crippen LogP contribution in [0.25, 0.3) is 0 Å². The van der Waals surface area contributed by atoms with E-state index in [1.165, 1.54) is 11.3 Å². The summed E-state index contributed by atoms with van der Waals surface area (Å²) in [5.41, 5.74) is 7.08. The minimum absolute atomic E-state index is 0.0353. The molecule has 0 aromatic carbocycles. The first-order valence-electron chi connectivity index (χ1n) is 5.85. The standard InChI is InChI=1S/C12H15N5OS/c1-7(5-9-6-14-3-4-15-9)16-11(18)10-8(2)17-12(13)19-10/h3-4,6-7H,5H2,1-2H3,(H2,13,17)(H,16,18)/t7-/m1/s1. The Labute approximate surface area is 115 Å². The molecule has 0 saturated heterocycles. The van der Waals surface area contributed by atoms with Gasteiger partial charge in [-0.15, -0.1) is 0 Å². The van der Waals surface area contributed by atoms with Crippen LogP contribution in [0.4, 0.5) is 5.13 Å². The van der Waals surface area contributed by atoms with Gasteiger partial charge in [-0.2, -0.15) is 0 Å². The first-order chi connectivity index (χ1) is 9.06. The summed E-state index contributed by atoms with van der Waals surface area (Å²) in [4.78, 5) is 24.8. The molecule has 19 heavy (non-hydrogen) atoms. The molecule has 0 saturated carbocycles. The van der Waals surface area contributed by atoms with Crippen LogP contribution in [0, 0.1) is 6.92 Å². The molecule has 0 radical (unpaired) electrons. The van der Waals surface area contributed by atoms with Crippen LogP contribution >= 0.6 is 11.3 Å². The number of aryl methyl sites for hydroxylation is 1. The van der Waals surface area contributed by atoms with Crippen LogP contribution in [-0.2, 0) is 6.42 Å². The normalized spacial score (nSPS) is 12.1. The number of hydrogen-bond donors (Lipinski definition) is 2. The Hall–Kier alpha value is -2.02. The first-order valence-corrected chi connectivity index (χ1v) is 6.66. The molecule has 0 aliphatic rings. The van der Waals surface area contributed by atoms with Crippen molar-refractivity contribution < 1.29 is 4.79 Å². The average molecular weight is 277 g/mol. The molecular weight excluding hydrogens is 262 g/mol. The van der Waals surface area contributed by atoms with Gasteiger partial charge in [-0.05, 0) is 13.8 Å². The summed E-state index contributed by atoms with van der Waals surface area (Å²) in [7, 11) is 0. The van der Waals surface area contributed by atoms with E-state index >= 15 is 0 Å². The molecule has 0 bridgehead atoms. The summed E-state index contributed by atoms with van der Waals surface area (Å²) < 4.78 is 0. The molecule has 0 fully saturated rings. The quantitative estimate of drug-likeness (QED) is 0.875. The lowest BCUT2D eigenvalue weighted by molar-refractivity contribution is 0.0943. The van der Waals surface area contributed by atoms with Crippen LogP contribution in [0.3, 0.4) is 0 Å². The predicted molar refractivity (Wildman–Crippen MR) is 73.9 cm³/mol. The predicted octanol–water partition coefficient (Wildman–Crippen LogP) is 1.18. The second-order valence-electron chi connectivity index (χ2n) is 4.24. The van der Waals surface area contributed by atoms with E-state index in [1.54, 1.807) is 25.5 Å². The topological polar surface area (TPSA) is 93.8 Å². The number of carbonyl (C=O) groups excluding carboxylic acids is 1. The summed E-state index contributed by atoms with van der Waals surface area (Å²) in [5, 5.41) is 3.31. The van der Waals surface area contributed by atoms with Gasteiger partial charge in [-0.25, -0.2) is 4.98 Å². The Morgan fingerprint density at radius 2 is 2.32 bits per heavy atom. The van der Waals surface area contributed by atoms with Gasteiger partial charge in [-0.3, -0.25) is 14.8 Å². The molecule has 2 aromatic rings. The second kappa shape index (κ2) is 5.75. The van der Waals surface area contributed by atoms with Crippen molar-refractivity contribution in [1.29, 1.82) is 0 Å². The van der Waals surface area contributed by atoms with Crippen LogP contribution < -0.4 is 11.1 Å². The first kappa shape index (κ1) is 13.4. The van der Waals surface area contributed by atoms with E-state index in [9.17, 15) is 4.79 Å². The lowest BCUT2D eigenvalue weighted by Crippen LogP contribution is -2.34. The van der Waals surface area contributed by atoms with E-state index in [4.69, 9.17) is 5.73 Å². The smallest absolute Gasteiger partial charge is 0.263 e. The number of nitrogens with two attached hydrogens (primary N) is 1. The molecular formula is C12H15N5OS. The van der Waals surface area contributed by atoms with Crippen LogP contribution in [-0.4, -0.2) is 26.9 Å². The number of nitrogens with one attached hydrogen (secondary N) is 1. The molecule has 0 unspecified atom stereocenters. The van der Waals surface area contributed by atoms with Gasteiger partial charge in [0.2, 0.25) is 0 Å². The molecule has 7 heteroatoms. The highest BCUT2D eigenvalue weighted by atomic mass is 32.1. The van der Waals surface area contributed by atoms with Crippen LogP contribution in [0.2, 0.25) is 0 Å². The fourth-order valence-corrected chi connectivity index (χ4v) is 2.45. The number of aromatic nitrogens is 3. The van der Waals surface area contributed by atoms with Gasteiger partial charge in [0, 0.05) is 31.1 Å². The van der Waals surface area contributed by atoms with E-state index in [-0.39, 0.29) is 11.9 Å². The van der Waals surface area contributed by atoms with Gasteiger partial charge in [0.05, 0.1) is 11.4 Å². The number of carbonyl (C=O) groups is 1. The zero-order valence-electron chi connectivity index (χ0n) is 10.8. The maximum absolute atomic E-state index is 12.0. The Morgan fingerprint density at radius 3 is 2.89 bits per heavy atom. The number of amides is 1. The highest BCUT2D eigenvalue weighted by Gasteiger charge is 2.16. The number of nitrogens with zero attached hydrogens (tertiary/aromatic N) is 3. The monoisotopic (exact) mass is 277 g/mol. The van der Waals surface area contributed by atoms with Crippen molar-refractivity contribution in [2.24, 2.45) is 0 Å². The molecule has 3 N–H and O–H groups in total. The van der Waals surface area contributed by atoms with Gasteiger partial charge in [0.15, 0.2) is 5.13 Å². The van der Waals surface area contributed by atoms with Crippen LogP contribution in [0.15, 0.2) is 18.6 Å². The van der Waals surface area contributed by atoms with Gasteiger partial charge >= 0.3 is 0 Å². The van der Waals surface area contributed by atoms with Crippen molar-refractivity contribution in [2.75, 3.05) is 5.73 Å². The van der Waals surface area contributed by atoms with Crippen molar-refractivity contribution in [1.82, 2.24) is 20.3 Å². The van der Waals surface area contributed by atoms with Gasteiger partial charge in [0.25, 0.3) is 5.91 Å². The van der Waals surface area contributed by atoms with Gasteiger partial charge in [-0.1, -0.05) is 11.3 Å². The summed E-state index contributed by atoms with van der Waals surface area (Å²) in [6, 6.07) is -0.0353. The van der Waals surface area contributed by atoms with Gasteiger partial charge in [0.1, 0.15) is 4.88 Å². The minimum Gasteiger partial charge on any atom is -0.375 e. The van der Waals surface area contributed by atoms with Gasteiger partial charge < -0.3 is 11.1 Å². The molecule has 2 aromatic heterocycles. The largest absolute Gasteiger partial charge is 0.375 e. The maximum atomic E-state index is 12.0. The maximum Gasteiger partial charge on any atom is 0.263 e. The average Bonchev–Trinajstić information content (AvgIpc) is 2.69. The van der Waals surface area contributed by atoms with E-state index in [1.807, 2.05) is 6.92 Å². The molecule has 2 heterocycles. The second-order valence-corrected chi connectivity index (χ2v) is 5.27. The molecule has 0 spiro atoms. The highest BCUT2D eigenvalue weighted by Crippen LogP contribution is 2.19. The number of nitrogen functional groups attached to an aromatic ring is 1. The summed E-state index contributed by atoms with van der Waals surface area (Å²) in [6.45, 7) is 3.70. The zero-order valence-corrected chi connectivity index (χ0v) is 11.6. The fourth-order valence-electron chi connectivity index (χ4n) is 1.72. The molecule has 0 aliphatic carbocycles. The molecule has 1 atom stereocenters. The van der Waals surface area contributed by atoms with Crippen molar-refractivity contribution >= 4 is 22.4 Å². The zero-order chi connectivity index (χ0) is 13.8. The van der Waals surface area contributed by atoms with Crippen molar-refractivity contribution in [2.45, 2.75) is 26.3 Å². The van der Waals surface area contributed by atoms with Crippen molar-refractivity contribution in [3.63, 3.8) is 0 Å². The number of anilines is 1. The SMILES string of the molecule is Cc1nc(N)sc1C(=O)N[C@H](C)Cc1cnccn1. The van der Waals surface area contributed by atoms with E-state index in [0.717, 1.165) is 5.69 Å². The molecule has 2 rings (SSSR count). The molecule has 6 nitrogen and oxygen atoms in total.